The molecule has 0 aliphatic carbocycles. The molecule has 1 atom stereocenters. The van der Waals surface area contributed by atoms with Gasteiger partial charge < -0.3 is 14.8 Å². The standard InChI is InChI=1S/C33H37BrFN5O3/c1-33(2,3)18-40-17-25-20(14-26(34)30-24(25)16-36-38-30)7-8-22(32(40)43)15-28(41)39-11-9-19(10-12-39)23-13-21-5-4-6-27(35)29(21)37-31(23)42/h4-6,13-14,16,19,22H,7-12,15,17-18H2,1-3H3,(H,36,38)(H,37,42)/t22-/m0/s1. The summed E-state index contributed by atoms with van der Waals surface area (Å²) in [6.45, 7) is 8.47. The predicted molar refractivity (Wildman–Crippen MR) is 168 cm³/mol. The SMILES string of the molecule is CC(C)(C)CN1Cc2c(cc(Br)c3[nH]ncc23)CC[C@@H](CC(=O)N2CCC(c3cc4cccc(F)c4[nH]c3=O)CC2)C1=O. The van der Waals surface area contributed by atoms with E-state index < -0.39 is 11.7 Å². The monoisotopic (exact) mass is 649 g/mol. The molecule has 2 N–H and O–H groups in total. The minimum Gasteiger partial charge on any atom is -0.343 e. The fourth-order valence-corrected chi connectivity index (χ4v) is 7.34. The lowest BCUT2D eigenvalue weighted by atomic mass is 9.86. The molecule has 0 spiro atoms. The molecule has 2 aliphatic rings. The van der Waals surface area contributed by atoms with Gasteiger partial charge in [0.2, 0.25) is 11.8 Å². The van der Waals surface area contributed by atoms with Crippen LogP contribution in [-0.2, 0) is 22.6 Å². The zero-order valence-electron chi connectivity index (χ0n) is 24.8. The first-order valence-electron chi connectivity index (χ1n) is 15.0. The molecule has 0 saturated carbocycles. The van der Waals surface area contributed by atoms with Gasteiger partial charge in [0.15, 0.2) is 0 Å². The minimum atomic E-state index is -0.447. The minimum absolute atomic E-state index is 0.0134. The second-order valence-corrected chi connectivity index (χ2v) is 14.1. The summed E-state index contributed by atoms with van der Waals surface area (Å²) in [6, 6.07) is 8.66. The van der Waals surface area contributed by atoms with Gasteiger partial charge in [0, 0.05) is 59.3 Å². The summed E-state index contributed by atoms with van der Waals surface area (Å²) in [5.74, 6) is -0.858. The van der Waals surface area contributed by atoms with E-state index in [4.69, 9.17) is 0 Å². The molecule has 2 aromatic carbocycles. The van der Waals surface area contributed by atoms with Crippen LogP contribution in [0.4, 0.5) is 4.39 Å². The highest BCUT2D eigenvalue weighted by atomic mass is 79.9. The Hall–Kier alpha value is -3.53. The van der Waals surface area contributed by atoms with Crippen molar-refractivity contribution >= 4 is 49.6 Å². The Labute approximate surface area is 258 Å². The van der Waals surface area contributed by atoms with Crippen LogP contribution in [0.5, 0.6) is 0 Å². The van der Waals surface area contributed by atoms with Crippen LogP contribution in [0.2, 0.25) is 0 Å². The summed E-state index contributed by atoms with van der Waals surface area (Å²) in [4.78, 5) is 46.9. The number of nitrogens with zero attached hydrogens (tertiary/aromatic N) is 3. The highest BCUT2D eigenvalue weighted by molar-refractivity contribution is 9.10. The molecule has 4 aromatic rings. The first-order valence-corrected chi connectivity index (χ1v) is 15.8. The second-order valence-electron chi connectivity index (χ2n) is 13.3. The van der Waals surface area contributed by atoms with Gasteiger partial charge in [-0.05, 0) is 82.3 Å². The van der Waals surface area contributed by atoms with E-state index >= 15 is 0 Å². The molecular weight excluding hydrogens is 613 g/mol. The highest BCUT2D eigenvalue weighted by Gasteiger charge is 2.34. The average Bonchev–Trinajstić information content (AvgIpc) is 3.46. The molecule has 2 amide bonds. The molecule has 226 valence electrons. The van der Waals surface area contributed by atoms with Gasteiger partial charge in [0.1, 0.15) is 5.82 Å². The van der Waals surface area contributed by atoms with E-state index in [1.54, 1.807) is 18.2 Å². The van der Waals surface area contributed by atoms with Gasteiger partial charge in [-0.15, -0.1) is 0 Å². The number of H-pyrrole nitrogens is 2. The lowest BCUT2D eigenvalue weighted by Gasteiger charge is -2.36. The van der Waals surface area contributed by atoms with Crippen molar-refractivity contribution < 1.29 is 14.0 Å². The van der Waals surface area contributed by atoms with E-state index in [-0.39, 0.29) is 40.6 Å². The molecule has 10 heteroatoms. The van der Waals surface area contributed by atoms with Crippen molar-refractivity contribution in [3.05, 3.63) is 73.9 Å². The van der Waals surface area contributed by atoms with Crippen molar-refractivity contribution in [2.75, 3.05) is 19.6 Å². The molecule has 2 aromatic heterocycles. The third-order valence-electron chi connectivity index (χ3n) is 8.90. The number of benzene rings is 2. The number of nitrogens with one attached hydrogen (secondary N) is 2. The predicted octanol–water partition coefficient (Wildman–Crippen LogP) is 6.04. The third kappa shape index (κ3) is 5.98. The van der Waals surface area contributed by atoms with E-state index in [2.05, 4.69) is 57.9 Å². The summed E-state index contributed by atoms with van der Waals surface area (Å²) in [5, 5.41) is 9.00. The van der Waals surface area contributed by atoms with E-state index in [9.17, 15) is 18.8 Å². The van der Waals surface area contributed by atoms with Crippen LogP contribution in [0.15, 0.2) is 45.8 Å². The van der Waals surface area contributed by atoms with Crippen molar-refractivity contribution in [3.63, 3.8) is 0 Å². The number of aryl methyl sites for hydroxylation is 1. The molecule has 2 aliphatic heterocycles. The van der Waals surface area contributed by atoms with E-state index in [0.717, 1.165) is 20.9 Å². The first kappa shape index (κ1) is 29.5. The molecule has 6 rings (SSSR count). The van der Waals surface area contributed by atoms with Gasteiger partial charge in [-0.25, -0.2) is 4.39 Å². The number of pyridine rings is 1. The molecule has 0 bridgehead atoms. The van der Waals surface area contributed by atoms with Gasteiger partial charge in [0.25, 0.3) is 5.56 Å². The summed E-state index contributed by atoms with van der Waals surface area (Å²) in [6.07, 6.45) is 4.58. The Balaban J connectivity index is 1.18. The van der Waals surface area contributed by atoms with Gasteiger partial charge in [-0.3, -0.25) is 19.5 Å². The van der Waals surface area contributed by atoms with E-state index in [1.165, 1.54) is 11.6 Å². The third-order valence-corrected chi connectivity index (χ3v) is 9.52. The van der Waals surface area contributed by atoms with Crippen LogP contribution >= 0.6 is 15.9 Å². The number of carbonyl (C=O) groups is 2. The fraction of sp³-hybridized carbons (Fsp3) is 0.455. The zero-order chi connectivity index (χ0) is 30.5. The summed E-state index contributed by atoms with van der Waals surface area (Å²) in [5.41, 5.74) is 3.68. The topological polar surface area (TPSA) is 102 Å². The maximum Gasteiger partial charge on any atom is 0.251 e. The Morgan fingerprint density at radius 3 is 2.63 bits per heavy atom. The van der Waals surface area contributed by atoms with Crippen LogP contribution in [0.25, 0.3) is 21.8 Å². The van der Waals surface area contributed by atoms with Gasteiger partial charge >= 0.3 is 0 Å². The van der Waals surface area contributed by atoms with Crippen molar-refractivity contribution in [1.82, 2.24) is 25.0 Å². The molecule has 0 radical (unpaired) electrons. The number of fused-ring (bicyclic) bond motifs is 4. The van der Waals surface area contributed by atoms with Crippen molar-refractivity contribution in [2.45, 2.75) is 65.3 Å². The number of aromatic nitrogens is 3. The summed E-state index contributed by atoms with van der Waals surface area (Å²) in [7, 11) is 0. The number of amides is 2. The number of rotatable bonds is 4. The molecular formula is C33H37BrFN5O3. The largest absolute Gasteiger partial charge is 0.343 e. The van der Waals surface area contributed by atoms with E-state index in [1.807, 2.05) is 16.0 Å². The quantitative estimate of drug-likeness (QED) is 0.281. The molecule has 4 heterocycles. The normalized spacial score (nSPS) is 18.6. The van der Waals surface area contributed by atoms with Crippen molar-refractivity contribution in [2.24, 2.45) is 11.3 Å². The smallest absolute Gasteiger partial charge is 0.251 e. The molecule has 1 saturated heterocycles. The Morgan fingerprint density at radius 1 is 1.12 bits per heavy atom. The Morgan fingerprint density at radius 2 is 1.88 bits per heavy atom. The first-order chi connectivity index (χ1) is 20.5. The number of hydrogen-bond acceptors (Lipinski definition) is 4. The highest BCUT2D eigenvalue weighted by Crippen LogP contribution is 2.35. The number of hydrogen-bond donors (Lipinski definition) is 2. The molecule has 43 heavy (non-hydrogen) atoms. The van der Waals surface area contributed by atoms with Gasteiger partial charge in [-0.2, -0.15) is 5.10 Å². The number of aromatic amines is 2. The van der Waals surface area contributed by atoms with Gasteiger partial charge in [0.05, 0.1) is 17.2 Å². The lowest BCUT2D eigenvalue weighted by molar-refractivity contribution is -0.143. The zero-order valence-corrected chi connectivity index (χ0v) is 26.4. The number of carbonyl (C=O) groups excluding carboxylic acids is 2. The van der Waals surface area contributed by atoms with Crippen molar-refractivity contribution in [3.8, 4) is 0 Å². The van der Waals surface area contributed by atoms with Crippen LogP contribution < -0.4 is 5.56 Å². The Bertz CT molecular complexity index is 1770. The fourth-order valence-electron chi connectivity index (χ4n) is 6.76. The summed E-state index contributed by atoms with van der Waals surface area (Å²) >= 11 is 3.67. The van der Waals surface area contributed by atoms with Crippen LogP contribution in [0, 0.1) is 17.2 Å². The molecule has 8 nitrogen and oxygen atoms in total. The lowest BCUT2D eigenvalue weighted by Crippen LogP contribution is -2.45. The van der Waals surface area contributed by atoms with Gasteiger partial charge in [-0.1, -0.05) is 32.9 Å². The molecule has 1 fully saturated rings. The molecule has 0 unspecified atom stereocenters. The maximum absolute atomic E-state index is 14.1. The average molecular weight is 651 g/mol. The number of likely N-dealkylation sites (tertiary alicyclic amines) is 1. The maximum atomic E-state index is 14.1. The van der Waals surface area contributed by atoms with Crippen LogP contribution in [0.3, 0.4) is 0 Å². The second kappa shape index (κ2) is 11.5. The van der Waals surface area contributed by atoms with E-state index in [0.29, 0.717) is 62.8 Å². The number of para-hydroxylation sites is 1. The Kier molecular flexibility index (Phi) is 7.91. The van der Waals surface area contributed by atoms with Crippen LogP contribution in [0.1, 0.15) is 69.1 Å². The number of halogens is 2. The van der Waals surface area contributed by atoms with Crippen molar-refractivity contribution in [1.29, 1.82) is 0 Å². The summed E-state index contributed by atoms with van der Waals surface area (Å²) < 4.78 is 15.1. The van der Waals surface area contributed by atoms with Crippen LogP contribution in [-0.4, -0.2) is 56.4 Å². The number of piperidine rings is 1.